The summed E-state index contributed by atoms with van der Waals surface area (Å²) < 4.78 is 38.0. The van der Waals surface area contributed by atoms with E-state index in [1.165, 1.54) is 6.07 Å². The number of hydrogen-bond acceptors (Lipinski definition) is 4. The largest absolute Gasteiger partial charge is 0.417 e. The highest BCUT2D eigenvalue weighted by atomic mass is 19.4. The standard InChI is InChI=1S/C20H23F3N4O/c1-14-5-3-4-6-17(14)25-19(28)15(2)26-9-11-27(12-10-26)18-8-7-16(13-24-18)20(21,22)23/h3-8,13,15H,9-12H2,1-2H3,(H,25,28). The molecule has 1 amide bonds. The van der Waals surface area contributed by atoms with Crippen LogP contribution in [0.4, 0.5) is 24.7 Å². The van der Waals surface area contributed by atoms with Crippen molar-refractivity contribution in [1.82, 2.24) is 9.88 Å². The second-order valence-electron chi connectivity index (χ2n) is 6.91. The summed E-state index contributed by atoms with van der Waals surface area (Å²) in [6.07, 6.45) is -3.52. The zero-order valence-corrected chi connectivity index (χ0v) is 15.8. The van der Waals surface area contributed by atoms with Crippen molar-refractivity contribution >= 4 is 17.4 Å². The molecule has 0 saturated carbocycles. The molecule has 0 spiro atoms. The molecule has 1 aliphatic heterocycles. The molecule has 1 aromatic carbocycles. The van der Waals surface area contributed by atoms with Crippen LogP contribution in [0.2, 0.25) is 0 Å². The van der Waals surface area contributed by atoms with Crippen molar-refractivity contribution in [2.24, 2.45) is 0 Å². The van der Waals surface area contributed by atoms with E-state index >= 15 is 0 Å². The van der Waals surface area contributed by atoms with Gasteiger partial charge in [0.2, 0.25) is 5.91 Å². The van der Waals surface area contributed by atoms with Gasteiger partial charge in [-0.15, -0.1) is 0 Å². The number of carbonyl (C=O) groups is 1. The number of rotatable bonds is 4. The van der Waals surface area contributed by atoms with Crippen LogP contribution >= 0.6 is 0 Å². The average molecular weight is 392 g/mol. The van der Waals surface area contributed by atoms with Crippen molar-refractivity contribution < 1.29 is 18.0 Å². The van der Waals surface area contributed by atoms with Crippen molar-refractivity contribution in [2.45, 2.75) is 26.1 Å². The van der Waals surface area contributed by atoms with Crippen molar-refractivity contribution in [1.29, 1.82) is 0 Å². The van der Waals surface area contributed by atoms with Crippen molar-refractivity contribution in [3.8, 4) is 0 Å². The number of piperazine rings is 1. The van der Waals surface area contributed by atoms with Gasteiger partial charge in [0.25, 0.3) is 0 Å². The van der Waals surface area contributed by atoms with Gasteiger partial charge in [-0.1, -0.05) is 18.2 Å². The van der Waals surface area contributed by atoms with Crippen LogP contribution < -0.4 is 10.2 Å². The molecule has 2 aromatic rings. The van der Waals surface area contributed by atoms with Gasteiger partial charge in [-0.05, 0) is 37.6 Å². The highest BCUT2D eigenvalue weighted by Crippen LogP contribution is 2.29. The molecule has 1 aliphatic rings. The molecule has 5 nitrogen and oxygen atoms in total. The summed E-state index contributed by atoms with van der Waals surface area (Å²) in [6, 6.07) is 9.75. The summed E-state index contributed by atoms with van der Waals surface area (Å²) in [5.74, 6) is 0.445. The van der Waals surface area contributed by atoms with Gasteiger partial charge in [0.15, 0.2) is 0 Å². The van der Waals surface area contributed by atoms with Crippen molar-refractivity contribution in [3.63, 3.8) is 0 Å². The summed E-state index contributed by atoms with van der Waals surface area (Å²) in [6.45, 7) is 6.26. The number of hydrogen-bond donors (Lipinski definition) is 1. The number of nitrogens with zero attached hydrogens (tertiary/aromatic N) is 3. The Kier molecular flexibility index (Phi) is 5.88. The molecule has 3 rings (SSSR count). The first kappa shape index (κ1) is 20.1. The second kappa shape index (κ2) is 8.18. The zero-order valence-electron chi connectivity index (χ0n) is 15.8. The fraction of sp³-hybridized carbons (Fsp3) is 0.400. The minimum atomic E-state index is -4.38. The Morgan fingerprint density at radius 1 is 1.11 bits per heavy atom. The number of aryl methyl sites for hydroxylation is 1. The van der Waals surface area contributed by atoms with E-state index in [2.05, 4.69) is 15.2 Å². The zero-order chi connectivity index (χ0) is 20.3. The fourth-order valence-electron chi connectivity index (χ4n) is 3.20. The highest BCUT2D eigenvalue weighted by Gasteiger charge is 2.31. The van der Waals surface area contributed by atoms with Gasteiger partial charge in [-0.25, -0.2) is 4.98 Å². The Bertz CT molecular complexity index is 815. The number of halogens is 3. The van der Waals surface area contributed by atoms with Crippen LogP contribution in [-0.4, -0.2) is 48.0 Å². The lowest BCUT2D eigenvalue weighted by Crippen LogP contribution is -2.53. The summed E-state index contributed by atoms with van der Waals surface area (Å²) in [4.78, 5) is 20.5. The van der Waals surface area contributed by atoms with Crippen LogP contribution in [-0.2, 0) is 11.0 Å². The molecule has 1 fully saturated rings. The first-order chi connectivity index (χ1) is 13.3. The number of anilines is 2. The minimum absolute atomic E-state index is 0.0737. The van der Waals surface area contributed by atoms with E-state index in [1.807, 2.05) is 43.0 Å². The first-order valence-electron chi connectivity index (χ1n) is 9.14. The topological polar surface area (TPSA) is 48.5 Å². The van der Waals surface area contributed by atoms with E-state index in [4.69, 9.17) is 0 Å². The fourth-order valence-corrected chi connectivity index (χ4v) is 3.20. The normalized spacial score (nSPS) is 16.7. The van der Waals surface area contributed by atoms with Gasteiger partial charge in [-0.3, -0.25) is 9.69 Å². The van der Waals surface area contributed by atoms with Gasteiger partial charge >= 0.3 is 6.18 Å². The number of nitrogens with one attached hydrogen (secondary N) is 1. The van der Waals surface area contributed by atoms with Crippen LogP contribution in [0.25, 0.3) is 0 Å². The maximum atomic E-state index is 12.7. The lowest BCUT2D eigenvalue weighted by molar-refractivity contribution is -0.137. The molecular weight excluding hydrogens is 369 g/mol. The highest BCUT2D eigenvalue weighted by molar-refractivity contribution is 5.95. The van der Waals surface area contributed by atoms with E-state index in [0.29, 0.717) is 32.0 Å². The number of pyridine rings is 1. The molecule has 1 saturated heterocycles. The molecule has 0 bridgehead atoms. The van der Waals surface area contributed by atoms with Crippen LogP contribution in [0, 0.1) is 6.92 Å². The molecule has 1 atom stereocenters. The first-order valence-corrected chi connectivity index (χ1v) is 9.14. The Balaban J connectivity index is 1.56. The molecule has 28 heavy (non-hydrogen) atoms. The molecule has 0 radical (unpaired) electrons. The van der Waals surface area contributed by atoms with Crippen molar-refractivity contribution in [3.05, 3.63) is 53.7 Å². The number of aromatic nitrogens is 1. The molecule has 1 aromatic heterocycles. The Morgan fingerprint density at radius 2 is 1.79 bits per heavy atom. The number of amides is 1. The third-order valence-electron chi connectivity index (χ3n) is 5.04. The summed E-state index contributed by atoms with van der Waals surface area (Å²) in [7, 11) is 0. The quantitative estimate of drug-likeness (QED) is 0.865. The van der Waals surface area contributed by atoms with Crippen LogP contribution in [0.15, 0.2) is 42.6 Å². The monoisotopic (exact) mass is 392 g/mol. The third kappa shape index (κ3) is 4.62. The van der Waals surface area contributed by atoms with E-state index in [0.717, 1.165) is 23.5 Å². The van der Waals surface area contributed by atoms with Crippen LogP contribution in [0.5, 0.6) is 0 Å². The molecule has 1 unspecified atom stereocenters. The number of carbonyl (C=O) groups excluding carboxylic acids is 1. The van der Waals surface area contributed by atoms with Gasteiger partial charge in [0.05, 0.1) is 11.6 Å². The van der Waals surface area contributed by atoms with E-state index in [-0.39, 0.29) is 11.9 Å². The van der Waals surface area contributed by atoms with Gasteiger partial charge in [0.1, 0.15) is 5.82 Å². The maximum Gasteiger partial charge on any atom is 0.417 e. The Hall–Kier alpha value is -2.61. The number of benzene rings is 1. The van der Waals surface area contributed by atoms with Crippen molar-refractivity contribution in [2.75, 3.05) is 36.4 Å². The van der Waals surface area contributed by atoms with E-state index < -0.39 is 11.7 Å². The smallest absolute Gasteiger partial charge is 0.354 e. The number of alkyl halides is 3. The summed E-state index contributed by atoms with van der Waals surface area (Å²) in [5.41, 5.74) is 1.05. The molecule has 1 N–H and O–H groups in total. The Labute approximate surface area is 162 Å². The molecular formula is C20H23F3N4O. The SMILES string of the molecule is Cc1ccccc1NC(=O)C(C)N1CCN(c2ccc(C(F)(F)F)cn2)CC1. The maximum absolute atomic E-state index is 12.7. The van der Waals surface area contributed by atoms with Gasteiger partial charge < -0.3 is 10.2 Å². The minimum Gasteiger partial charge on any atom is -0.354 e. The lowest BCUT2D eigenvalue weighted by Gasteiger charge is -2.38. The summed E-state index contributed by atoms with van der Waals surface area (Å²) in [5, 5.41) is 2.96. The van der Waals surface area contributed by atoms with E-state index in [9.17, 15) is 18.0 Å². The second-order valence-corrected chi connectivity index (χ2v) is 6.91. The van der Waals surface area contributed by atoms with Gasteiger partial charge in [-0.2, -0.15) is 13.2 Å². The molecule has 8 heteroatoms. The third-order valence-corrected chi connectivity index (χ3v) is 5.04. The molecule has 150 valence electrons. The predicted molar refractivity (Wildman–Crippen MR) is 102 cm³/mol. The molecule has 2 heterocycles. The van der Waals surface area contributed by atoms with E-state index in [1.54, 1.807) is 0 Å². The average Bonchev–Trinajstić information content (AvgIpc) is 2.69. The molecule has 0 aliphatic carbocycles. The van der Waals surface area contributed by atoms with Gasteiger partial charge in [0, 0.05) is 38.1 Å². The van der Waals surface area contributed by atoms with Crippen LogP contribution in [0.3, 0.4) is 0 Å². The number of para-hydroxylation sites is 1. The predicted octanol–water partition coefficient (Wildman–Crippen LogP) is 3.56. The van der Waals surface area contributed by atoms with Crippen LogP contribution in [0.1, 0.15) is 18.1 Å². The Morgan fingerprint density at radius 3 is 2.36 bits per heavy atom. The lowest BCUT2D eigenvalue weighted by atomic mass is 10.1. The summed E-state index contributed by atoms with van der Waals surface area (Å²) >= 11 is 0.